The first kappa shape index (κ1) is 27.2. The number of rotatable bonds is 5. The molecule has 8 heteroatoms. The number of hydrogen-bond donors (Lipinski definition) is 7. The first-order valence-corrected chi connectivity index (χ1v) is 13.0. The zero-order valence-corrected chi connectivity index (χ0v) is 21.6. The minimum Gasteiger partial charge on any atom is -0.392 e. The van der Waals surface area contributed by atoms with E-state index in [0.717, 1.165) is 0 Å². The van der Waals surface area contributed by atoms with Crippen molar-refractivity contribution in [3.05, 3.63) is 11.6 Å². The molecule has 3 fully saturated rings. The van der Waals surface area contributed by atoms with Gasteiger partial charge in [-0.25, -0.2) is 0 Å². The summed E-state index contributed by atoms with van der Waals surface area (Å²) in [6.45, 7) is 8.52. The van der Waals surface area contributed by atoms with E-state index in [9.17, 15) is 40.5 Å². The van der Waals surface area contributed by atoms with Gasteiger partial charge in [-0.2, -0.15) is 0 Å². The van der Waals surface area contributed by atoms with Crippen molar-refractivity contribution in [1.82, 2.24) is 0 Å². The highest BCUT2D eigenvalue weighted by Crippen LogP contribution is 2.68. The van der Waals surface area contributed by atoms with Gasteiger partial charge in [0, 0.05) is 17.3 Å². The molecule has 4 rings (SSSR count). The predicted octanol–water partition coefficient (Wildman–Crippen LogP) is 0.825. The fourth-order valence-electron chi connectivity index (χ4n) is 8.44. The quantitative estimate of drug-likeness (QED) is 0.295. The summed E-state index contributed by atoms with van der Waals surface area (Å²) in [5.74, 6) is -1.89. The maximum Gasteiger partial charge on any atom is 0.159 e. The number of allylic oxidation sites excluding steroid dienone is 1. The summed E-state index contributed by atoms with van der Waals surface area (Å²) in [5, 5.41) is 77.0. The van der Waals surface area contributed by atoms with Crippen molar-refractivity contribution in [3.63, 3.8) is 0 Å². The first-order valence-electron chi connectivity index (χ1n) is 13.0. The van der Waals surface area contributed by atoms with Crippen molar-refractivity contribution in [3.8, 4) is 0 Å². The van der Waals surface area contributed by atoms with E-state index in [-0.39, 0.29) is 44.3 Å². The SMILES string of the molecule is CC(C)(O)CC[C@@H](O)[C@@](C)(O)[C@H]1CC[C@@]2(O)C3=CC(=O)C4C[C@@H](O)[C@@H](O)C[C@]4(C)C3[C@H](O)C[C@]12C. The second-order valence-electron chi connectivity index (χ2n) is 13.3. The summed E-state index contributed by atoms with van der Waals surface area (Å²) >= 11 is 0. The topological polar surface area (TPSA) is 159 Å². The van der Waals surface area contributed by atoms with Gasteiger partial charge < -0.3 is 35.7 Å². The van der Waals surface area contributed by atoms with E-state index in [2.05, 4.69) is 0 Å². The van der Waals surface area contributed by atoms with Crippen LogP contribution in [0.2, 0.25) is 0 Å². The van der Waals surface area contributed by atoms with Gasteiger partial charge in [-0.1, -0.05) is 13.8 Å². The molecule has 0 amide bonds. The summed E-state index contributed by atoms with van der Waals surface area (Å²) in [6.07, 6.45) is -1.08. The second kappa shape index (κ2) is 8.32. The highest BCUT2D eigenvalue weighted by Gasteiger charge is 2.71. The largest absolute Gasteiger partial charge is 0.392 e. The molecule has 0 radical (unpaired) electrons. The van der Waals surface area contributed by atoms with Crippen molar-refractivity contribution in [2.24, 2.45) is 28.6 Å². The zero-order valence-electron chi connectivity index (χ0n) is 21.6. The monoisotopic (exact) mass is 496 g/mol. The van der Waals surface area contributed by atoms with Gasteiger partial charge in [-0.3, -0.25) is 4.79 Å². The number of aliphatic hydroxyl groups is 7. The lowest BCUT2D eigenvalue weighted by atomic mass is 9.45. The summed E-state index contributed by atoms with van der Waals surface area (Å²) in [5.41, 5.74) is -5.42. The maximum absolute atomic E-state index is 13.3. The lowest BCUT2D eigenvalue weighted by Crippen LogP contribution is -2.66. The highest BCUT2D eigenvalue weighted by molar-refractivity contribution is 5.95. The Morgan fingerprint density at radius 2 is 1.69 bits per heavy atom. The van der Waals surface area contributed by atoms with Gasteiger partial charge in [-0.15, -0.1) is 0 Å². The van der Waals surface area contributed by atoms with Crippen LogP contribution in [0.3, 0.4) is 0 Å². The van der Waals surface area contributed by atoms with E-state index in [4.69, 9.17) is 0 Å². The van der Waals surface area contributed by atoms with E-state index in [1.54, 1.807) is 20.8 Å². The van der Waals surface area contributed by atoms with Crippen LogP contribution in [0.25, 0.3) is 0 Å². The van der Waals surface area contributed by atoms with Crippen LogP contribution in [0.15, 0.2) is 11.6 Å². The lowest BCUT2D eigenvalue weighted by molar-refractivity contribution is -0.197. The Hall–Kier alpha value is -0.870. The molecule has 0 aromatic heterocycles. The van der Waals surface area contributed by atoms with E-state index in [0.29, 0.717) is 12.0 Å². The Bertz CT molecular complexity index is 892. The Morgan fingerprint density at radius 3 is 2.29 bits per heavy atom. The van der Waals surface area contributed by atoms with Gasteiger partial charge in [0.2, 0.25) is 0 Å². The molecule has 4 aliphatic carbocycles. The fourth-order valence-corrected chi connectivity index (χ4v) is 8.44. The van der Waals surface area contributed by atoms with Crippen LogP contribution in [0, 0.1) is 28.6 Å². The normalized spacial score (nSPS) is 48.3. The molecule has 8 nitrogen and oxygen atoms in total. The Morgan fingerprint density at radius 1 is 1.06 bits per heavy atom. The molecule has 35 heavy (non-hydrogen) atoms. The molecule has 7 N–H and O–H groups in total. The van der Waals surface area contributed by atoms with Crippen molar-refractivity contribution in [2.45, 2.75) is 121 Å². The smallest absolute Gasteiger partial charge is 0.159 e. The average molecular weight is 497 g/mol. The molecular formula is C27H44O8. The van der Waals surface area contributed by atoms with Crippen LogP contribution in [0.1, 0.15) is 79.6 Å². The van der Waals surface area contributed by atoms with Crippen LogP contribution in [0.5, 0.6) is 0 Å². The van der Waals surface area contributed by atoms with Gasteiger partial charge in [-0.05, 0) is 88.7 Å². The zero-order chi connectivity index (χ0) is 26.4. The Balaban J connectivity index is 1.71. The van der Waals surface area contributed by atoms with Gasteiger partial charge in [0.05, 0.1) is 41.2 Å². The molecule has 0 aromatic rings. The summed E-state index contributed by atoms with van der Waals surface area (Å²) in [6, 6.07) is 0. The third kappa shape index (κ3) is 3.95. The molecule has 3 saturated carbocycles. The number of carbonyl (C=O) groups is 1. The van der Waals surface area contributed by atoms with Crippen molar-refractivity contribution in [1.29, 1.82) is 0 Å². The summed E-state index contributed by atoms with van der Waals surface area (Å²) < 4.78 is 0. The maximum atomic E-state index is 13.3. The molecule has 4 aliphatic rings. The molecule has 11 atom stereocenters. The molecule has 0 saturated heterocycles. The molecule has 0 spiro atoms. The number of ketones is 1. The van der Waals surface area contributed by atoms with Crippen molar-refractivity contribution in [2.75, 3.05) is 0 Å². The number of aliphatic hydroxyl groups excluding tert-OH is 4. The molecule has 0 heterocycles. The van der Waals surface area contributed by atoms with E-state index < -0.39 is 69.8 Å². The van der Waals surface area contributed by atoms with Crippen molar-refractivity contribution < 1.29 is 40.5 Å². The third-order valence-electron chi connectivity index (χ3n) is 10.5. The minimum atomic E-state index is -1.59. The summed E-state index contributed by atoms with van der Waals surface area (Å²) in [4.78, 5) is 13.3. The van der Waals surface area contributed by atoms with E-state index in [1.165, 1.54) is 6.08 Å². The van der Waals surface area contributed by atoms with Gasteiger partial charge in [0.25, 0.3) is 0 Å². The second-order valence-corrected chi connectivity index (χ2v) is 13.3. The minimum absolute atomic E-state index is 0.115. The molecule has 0 aromatic carbocycles. The fraction of sp³-hybridized carbons (Fsp3) is 0.889. The molecule has 200 valence electrons. The first-order chi connectivity index (χ1) is 15.9. The van der Waals surface area contributed by atoms with Gasteiger partial charge in [0.15, 0.2) is 5.78 Å². The number of fused-ring (bicyclic) bond motifs is 5. The lowest BCUT2D eigenvalue weighted by Gasteiger charge is -2.62. The van der Waals surface area contributed by atoms with Crippen LogP contribution in [0.4, 0.5) is 0 Å². The predicted molar refractivity (Wildman–Crippen MR) is 128 cm³/mol. The number of hydrogen-bond acceptors (Lipinski definition) is 8. The molecular weight excluding hydrogens is 452 g/mol. The standard InChI is InChI=1S/C27H44O8/c1-23(2,33)8-7-21(32)26(5,34)20-6-9-27(35)15-11-16(28)14-10-17(29)18(30)12-24(14,3)22(15)19(31)13-25(20,27)4/h11,14,17-22,29-35H,6-10,12-13H2,1-5H3/t14?,17-,18+,19-,20+,21-,22?,24+,25-,26+,27-/m1/s1. The van der Waals surface area contributed by atoms with Crippen LogP contribution >= 0.6 is 0 Å². The molecule has 0 bridgehead atoms. The Kier molecular flexibility index (Phi) is 6.46. The highest BCUT2D eigenvalue weighted by atomic mass is 16.3. The van der Waals surface area contributed by atoms with Gasteiger partial charge in [0.1, 0.15) is 0 Å². The van der Waals surface area contributed by atoms with Crippen molar-refractivity contribution >= 4 is 5.78 Å². The van der Waals surface area contributed by atoms with Gasteiger partial charge >= 0.3 is 0 Å². The van der Waals surface area contributed by atoms with E-state index >= 15 is 0 Å². The van der Waals surface area contributed by atoms with Crippen LogP contribution < -0.4 is 0 Å². The third-order valence-corrected chi connectivity index (χ3v) is 10.5. The van der Waals surface area contributed by atoms with Crippen LogP contribution in [-0.2, 0) is 4.79 Å². The summed E-state index contributed by atoms with van der Waals surface area (Å²) in [7, 11) is 0. The van der Waals surface area contributed by atoms with Crippen LogP contribution in [-0.4, -0.2) is 82.7 Å². The Labute approximate surface area is 207 Å². The molecule has 2 unspecified atom stereocenters. The molecule has 0 aliphatic heterocycles. The number of carbonyl (C=O) groups excluding carboxylic acids is 1. The van der Waals surface area contributed by atoms with E-state index in [1.807, 2.05) is 13.8 Å². The average Bonchev–Trinajstić information content (AvgIpc) is 2.99.